The molecule has 0 fully saturated rings. The summed E-state index contributed by atoms with van der Waals surface area (Å²) in [6.45, 7) is 2.02. The maximum absolute atomic E-state index is 11.5. The number of rotatable bonds is 6. The van der Waals surface area contributed by atoms with Crippen LogP contribution in [0.15, 0.2) is 24.3 Å². The maximum Gasteiger partial charge on any atom is 0.309 e. The quantitative estimate of drug-likeness (QED) is 0.472. The van der Waals surface area contributed by atoms with Gasteiger partial charge in [-0.05, 0) is 18.6 Å². The van der Waals surface area contributed by atoms with Gasteiger partial charge in [0.1, 0.15) is 0 Å². The molecule has 0 aliphatic carbocycles. The minimum absolute atomic E-state index is 0.0369. The molecule has 0 saturated heterocycles. The Morgan fingerprint density at radius 1 is 1.25 bits per heavy atom. The summed E-state index contributed by atoms with van der Waals surface area (Å²) in [5.41, 5.74) is 5.93. The molecule has 0 saturated carbocycles. The van der Waals surface area contributed by atoms with Crippen molar-refractivity contribution in [1.29, 1.82) is 0 Å². The average Bonchev–Trinajstić information content (AvgIpc) is 2.21. The van der Waals surface area contributed by atoms with E-state index in [4.69, 9.17) is 9.92 Å². The van der Waals surface area contributed by atoms with Crippen LogP contribution in [0, 0.1) is 0 Å². The molecule has 0 atom stereocenters. The molecule has 1 rings (SSSR count). The van der Waals surface area contributed by atoms with Gasteiger partial charge in [0.05, 0.1) is 11.4 Å². The third-order valence-corrected chi connectivity index (χ3v) is 3.36. The van der Waals surface area contributed by atoms with E-state index in [1.165, 1.54) is 0 Å². The topological polar surface area (TPSA) is 69.4 Å². The lowest BCUT2D eigenvalue weighted by Gasteiger charge is -2.08. The standard InChI is InChI=1S/C11H17NO3S/c1-2-3-6-9-16(13,14)15-11-8-5-4-7-10(11)12/h4-5,7-8H,2-3,6,9,12H2,1H3. The second-order valence-electron chi connectivity index (χ2n) is 3.59. The summed E-state index contributed by atoms with van der Waals surface area (Å²) in [5, 5.41) is 0. The third kappa shape index (κ3) is 4.10. The van der Waals surface area contributed by atoms with E-state index in [-0.39, 0.29) is 11.5 Å². The molecule has 0 radical (unpaired) electrons. The number of nitrogen functional groups attached to an aromatic ring is 1. The monoisotopic (exact) mass is 243 g/mol. The van der Waals surface area contributed by atoms with Gasteiger partial charge in [-0.3, -0.25) is 0 Å². The van der Waals surface area contributed by atoms with E-state index in [0.717, 1.165) is 12.8 Å². The Kier molecular flexibility index (Phi) is 4.61. The molecule has 16 heavy (non-hydrogen) atoms. The van der Waals surface area contributed by atoms with E-state index in [2.05, 4.69) is 0 Å². The van der Waals surface area contributed by atoms with Gasteiger partial charge in [-0.25, -0.2) is 0 Å². The van der Waals surface area contributed by atoms with Crippen LogP contribution in [0.3, 0.4) is 0 Å². The Morgan fingerprint density at radius 3 is 2.56 bits per heavy atom. The van der Waals surface area contributed by atoms with E-state index in [9.17, 15) is 8.42 Å². The SMILES string of the molecule is CCCCCS(=O)(=O)Oc1ccccc1N. The molecule has 4 nitrogen and oxygen atoms in total. The van der Waals surface area contributed by atoms with Crippen molar-refractivity contribution in [3.05, 3.63) is 24.3 Å². The Balaban J connectivity index is 2.63. The molecule has 2 N–H and O–H groups in total. The molecule has 0 aliphatic heterocycles. The number of benzene rings is 1. The lowest BCUT2D eigenvalue weighted by Crippen LogP contribution is -2.14. The van der Waals surface area contributed by atoms with Crippen molar-refractivity contribution < 1.29 is 12.6 Å². The highest BCUT2D eigenvalue weighted by Crippen LogP contribution is 2.21. The normalized spacial score (nSPS) is 11.3. The number of unbranched alkanes of at least 4 members (excludes halogenated alkanes) is 2. The fourth-order valence-electron chi connectivity index (χ4n) is 1.26. The van der Waals surface area contributed by atoms with Crippen LogP contribution in [0.25, 0.3) is 0 Å². The van der Waals surface area contributed by atoms with Gasteiger partial charge in [-0.1, -0.05) is 31.9 Å². The molecule has 90 valence electrons. The number of anilines is 1. The Bertz CT molecular complexity index is 429. The first-order chi connectivity index (χ1) is 7.55. The Morgan fingerprint density at radius 2 is 1.94 bits per heavy atom. The van der Waals surface area contributed by atoms with E-state index in [0.29, 0.717) is 12.1 Å². The largest absolute Gasteiger partial charge is 0.396 e. The van der Waals surface area contributed by atoms with E-state index in [1.807, 2.05) is 6.92 Å². The molecule has 0 aromatic heterocycles. The highest BCUT2D eigenvalue weighted by Gasteiger charge is 2.13. The molecule has 0 aliphatic rings. The van der Waals surface area contributed by atoms with Crippen LogP contribution >= 0.6 is 0 Å². The van der Waals surface area contributed by atoms with Crippen molar-refractivity contribution in [2.24, 2.45) is 0 Å². The number of nitrogens with two attached hydrogens (primary N) is 1. The molecule has 0 bridgehead atoms. The van der Waals surface area contributed by atoms with Gasteiger partial charge in [0, 0.05) is 0 Å². The van der Waals surface area contributed by atoms with Gasteiger partial charge in [-0.2, -0.15) is 8.42 Å². The van der Waals surface area contributed by atoms with E-state index in [1.54, 1.807) is 24.3 Å². The van der Waals surface area contributed by atoms with Crippen LogP contribution in [0.2, 0.25) is 0 Å². The molecule has 1 aromatic carbocycles. The van der Waals surface area contributed by atoms with Crippen LogP contribution < -0.4 is 9.92 Å². The highest BCUT2D eigenvalue weighted by atomic mass is 32.2. The molecule has 5 heteroatoms. The maximum atomic E-state index is 11.5. The van der Waals surface area contributed by atoms with Crippen molar-refractivity contribution in [2.45, 2.75) is 26.2 Å². The number of hydrogen-bond donors (Lipinski definition) is 1. The summed E-state index contributed by atoms with van der Waals surface area (Å²) >= 11 is 0. The lowest BCUT2D eigenvalue weighted by atomic mass is 10.3. The predicted octanol–water partition coefficient (Wildman–Crippen LogP) is 2.17. The summed E-state index contributed by atoms with van der Waals surface area (Å²) in [4.78, 5) is 0. The van der Waals surface area contributed by atoms with Crippen LogP contribution in [-0.4, -0.2) is 14.2 Å². The Hall–Kier alpha value is -1.23. The van der Waals surface area contributed by atoms with Gasteiger partial charge in [0.2, 0.25) is 0 Å². The van der Waals surface area contributed by atoms with Crippen molar-refractivity contribution in [3.8, 4) is 5.75 Å². The predicted molar refractivity (Wildman–Crippen MR) is 64.8 cm³/mol. The van der Waals surface area contributed by atoms with Crippen LogP contribution in [0.5, 0.6) is 5.75 Å². The summed E-state index contributed by atoms with van der Waals surface area (Å²) in [7, 11) is -3.51. The van der Waals surface area contributed by atoms with Crippen LogP contribution in [-0.2, 0) is 10.1 Å². The van der Waals surface area contributed by atoms with E-state index < -0.39 is 10.1 Å². The Labute approximate surface area is 96.5 Å². The zero-order valence-corrected chi connectivity index (χ0v) is 10.2. The summed E-state index contributed by atoms with van der Waals surface area (Å²) < 4.78 is 28.0. The number of para-hydroxylation sites is 2. The summed E-state index contributed by atoms with van der Waals surface area (Å²) in [6.07, 6.45) is 2.47. The first-order valence-electron chi connectivity index (χ1n) is 5.32. The zero-order chi connectivity index (χ0) is 12.0. The van der Waals surface area contributed by atoms with Gasteiger partial charge in [0.25, 0.3) is 0 Å². The van der Waals surface area contributed by atoms with Crippen molar-refractivity contribution >= 4 is 15.8 Å². The van der Waals surface area contributed by atoms with Crippen LogP contribution in [0.1, 0.15) is 26.2 Å². The molecule has 0 amide bonds. The fourth-order valence-corrected chi connectivity index (χ4v) is 2.33. The molecule has 0 spiro atoms. The molecule has 0 heterocycles. The summed E-state index contributed by atoms with van der Waals surface area (Å²) in [6, 6.07) is 6.57. The van der Waals surface area contributed by atoms with Gasteiger partial charge >= 0.3 is 10.1 Å². The fraction of sp³-hybridized carbons (Fsp3) is 0.455. The third-order valence-electron chi connectivity index (χ3n) is 2.13. The molecular formula is C11H17NO3S. The summed E-state index contributed by atoms with van der Waals surface area (Å²) in [5.74, 6) is 0.244. The zero-order valence-electron chi connectivity index (χ0n) is 9.35. The average molecular weight is 243 g/mol. The minimum atomic E-state index is -3.51. The van der Waals surface area contributed by atoms with Crippen molar-refractivity contribution in [1.82, 2.24) is 0 Å². The smallest absolute Gasteiger partial charge is 0.309 e. The lowest BCUT2D eigenvalue weighted by molar-refractivity contribution is 0.484. The van der Waals surface area contributed by atoms with Crippen molar-refractivity contribution in [3.63, 3.8) is 0 Å². The highest BCUT2D eigenvalue weighted by molar-refractivity contribution is 7.87. The van der Waals surface area contributed by atoms with Gasteiger partial charge < -0.3 is 9.92 Å². The molecule has 0 unspecified atom stereocenters. The van der Waals surface area contributed by atoms with Gasteiger partial charge in [0.15, 0.2) is 5.75 Å². The second kappa shape index (κ2) is 5.75. The first-order valence-corrected chi connectivity index (χ1v) is 6.89. The number of hydrogen-bond acceptors (Lipinski definition) is 4. The van der Waals surface area contributed by atoms with Gasteiger partial charge in [-0.15, -0.1) is 0 Å². The molecule has 1 aromatic rings. The second-order valence-corrected chi connectivity index (χ2v) is 5.28. The van der Waals surface area contributed by atoms with E-state index >= 15 is 0 Å². The first kappa shape index (κ1) is 12.8. The molecular weight excluding hydrogens is 226 g/mol. The van der Waals surface area contributed by atoms with Crippen molar-refractivity contribution in [2.75, 3.05) is 11.5 Å². The van der Waals surface area contributed by atoms with Crippen LogP contribution in [0.4, 0.5) is 5.69 Å². The minimum Gasteiger partial charge on any atom is -0.396 e.